The van der Waals surface area contributed by atoms with Crippen LogP contribution in [0.3, 0.4) is 0 Å². The highest BCUT2D eigenvalue weighted by molar-refractivity contribution is 6.28. The van der Waals surface area contributed by atoms with Crippen molar-refractivity contribution in [1.82, 2.24) is 0 Å². The second kappa shape index (κ2) is 11.2. The van der Waals surface area contributed by atoms with E-state index in [1.807, 2.05) is 30.3 Å². The van der Waals surface area contributed by atoms with Crippen molar-refractivity contribution in [3.63, 3.8) is 0 Å². The monoisotopic (exact) mass is 412 g/mol. The van der Waals surface area contributed by atoms with Crippen molar-refractivity contribution in [3.8, 4) is 0 Å². The van der Waals surface area contributed by atoms with Gasteiger partial charge in [-0.1, -0.05) is 61.2 Å². The standard InChI is InChI=1S/C23H24O7/c1-15(17-5-3-2-4-6-17)22(28)18-10-7-16(8-11-18)9-12-21(27)30-14-20(26)23(29)19(25)13-24/h2-12,19-20,23-26,29H,1,13-14H2/t19-,20-,23-/m1/s1. The lowest BCUT2D eigenvalue weighted by molar-refractivity contribution is -0.146. The first-order valence-electron chi connectivity index (χ1n) is 9.22. The minimum Gasteiger partial charge on any atom is -0.460 e. The van der Waals surface area contributed by atoms with E-state index >= 15 is 0 Å². The van der Waals surface area contributed by atoms with Crippen LogP contribution < -0.4 is 0 Å². The topological polar surface area (TPSA) is 124 Å². The molecule has 7 nitrogen and oxygen atoms in total. The number of ketones is 1. The van der Waals surface area contributed by atoms with E-state index < -0.39 is 37.5 Å². The fourth-order valence-electron chi connectivity index (χ4n) is 2.53. The lowest BCUT2D eigenvalue weighted by Gasteiger charge is -2.20. The Labute approximate surface area is 174 Å². The number of hydrogen-bond donors (Lipinski definition) is 4. The molecule has 158 valence electrons. The molecular weight excluding hydrogens is 388 g/mol. The molecule has 0 aliphatic rings. The van der Waals surface area contributed by atoms with Gasteiger partial charge in [-0.15, -0.1) is 0 Å². The third-order valence-corrected chi connectivity index (χ3v) is 4.35. The van der Waals surface area contributed by atoms with Crippen molar-refractivity contribution in [3.05, 3.63) is 83.9 Å². The van der Waals surface area contributed by atoms with Gasteiger partial charge in [0.1, 0.15) is 24.9 Å². The van der Waals surface area contributed by atoms with Crippen LogP contribution in [0.4, 0.5) is 0 Å². The van der Waals surface area contributed by atoms with E-state index in [4.69, 9.17) is 9.84 Å². The molecule has 0 spiro atoms. The first-order chi connectivity index (χ1) is 14.3. The normalized spacial score (nSPS) is 14.1. The fraction of sp³-hybridized carbons (Fsp3) is 0.217. The molecule has 3 atom stereocenters. The number of allylic oxidation sites excluding steroid dienone is 1. The highest BCUT2D eigenvalue weighted by atomic mass is 16.5. The quantitative estimate of drug-likeness (QED) is 0.263. The highest BCUT2D eigenvalue weighted by Crippen LogP contribution is 2.18. The van der Waals surface area contributed by atoms with Gasteiger partial charge >= 0.3 is 5.97 Å². The van der Waals surface area contributed by atoms with Crippen LogP contribution in [-0.4, -0.2) is 63.7 Å². The summed E-state index contributed by atoms with van der Waals surface area (Å²) in [4.78, 5) is 24.3. The molecular formula is C23H24O7. The first-order valence-corrected chi connectivity index (χ1v) is 9.22. The van der Waals surface area contributed by atoms with Crippen LogP contribution in [-0.2, 0) is 9.53 Å². The lowest BCUT2D eigenvalue weighted by Crippen LogP contribution is -2.42. The second-order valence-electron chi connectivity index (χ2n) is 6.57. The fourth-order valence-corrected chi connectivity index (χ4v) is 2.53. The van der Waals surface area contributed by atoms with Crippen molar-refractivity contribution < 1.29 is 34.8 Å². The number of rotatable bonds is 10. The number of esters is 1. The van der Waals surface area contributed by atoms with Crippen LogP contribution >= 0.6 is 0 Å². The van der Waals surface area contributed by atoms with Crippen LogP contribution in [0.15, 0.2) is 67.3 Å². The van der Waals surface area contributed by atoms with Gasteiger partial charge in [-0.2, -0.15) is 0 Å². The molecule has 0 saturated carbocycles. The molecule has 2 aromatic carbocycles. The summed E-state index contributed by atoms with van der Waals surface area (Å²) < 4.78 is 4.79. The van der Waals surface area contributed by atoms with Gasteiger partial charge in [-0.3, -0.25) is 4.79 Å². The van der Waals surface area contributed by atoms with Crippen molar-refractivity contribution in [2.75, 3.05) is 13.2 Å². The minimum atomic E-state index is -1.64. The summed E-state index contributed by atoms with van der Waals surface area (Å²) in [5.41, 5.74) is 2.23. The third-order valence-electron chi connectivity index (χ3n) is 4.35. The maximum atomic E-state index is 12.5. The van der Waals surface area contributed by atoms with Gasteiger partial charge in [-0.25, -0.2) is 4.79 Å². The minimum absolute atomic E-state index is 0.200. The van der Waals surface area contributed by atoms with E-state index in [1.165, 1.54) is 6.08 Å². The summed E-state index contributed by atoms with van der Waals surface area (Å²) in [7, 11) is 0. The van der Waals surface area contributed by atoms with Gasteiger partial charge < -0.3 is 25.2 Å². The van der Waals surface area contributed by atoms with E-state index in [9.17, 15) is 24.9 Å². The van der Waals surface area contributed by atoms with Crippen LogP contribution in [0.5, 0.6) is 0 Å². The molecule has 7 heteroatoms. The largest absolute Gasteiger partial charge is 0.460 e. The van der Waals surface area contributed by atoms with E-state index in [1.54, 1.807) is 24.3 Å². The molecule has 0 aliphatic heterocycles. The molecule has 0 fully saturated rings. The lowest BCUT2D eigenvalue weighted by atomic mass is 9.97. The van der Waals surface area contributed by atoms with Crippen LogP contribution in [0.25, 0.3) is 11.6 Å². The van der Waals surface area contributed by atoms with Gasteiger partial charge in [-0.05, 0) is 17.2 Å². The number of aliphatic hydroxyl groups excluding tert-OH is 4. The van der Waals surface area contributed by atoms with E-state index in [-0.39, 0.29) is 5.78 Å². The summed E-state index contributed by atoms with van der Waals surface area (Å²) >= 11 is 0. The Morgan fingerprint density at radius 1 is 0.933 bits per heavy atom. The van der Waals surface area contributed by atoms with Crippen LogP contribution in [0.2, 0.25) is 0 Å². The Balaban J connectivity index is 1.90. The number of carbonyl (C=O) groups is 2. The molecule has 2 rings (SSSR count). The van der Waals surface area contributed by atoms with Crippen molar-refractivity contribution in [2.45, 2.75) is 18.3 Å². The number of Topliss-reactive ketones (excluding diaryl/α,β-unsaturated/α-hetero) is 1. The Morgan fingerprint density at radius 2 is 1.57 bits per heavy atom. The summed E-state index contributed by atoms with van der Waals surface area (Å²) in [5.74, 6) is -0.967. The zero-order valence-corrected chi connectivity index (χ0v) is 16.2. The maximum Gasteiger partial charge on any atom is 0.330 e. The molecule has 4 N–H and O–H groups in total. The van der Waals surface area contributed by atoms with Gasteiger partial charge in [0.05, 0.1) is 6.61 Å². The Hall–Kier alpha value is -3.10. The van der Waals surface area contributed by atoms with Crippen molar-refractivity contribution in [2.24, 2.45) is 0 Å². The SMILES string of the molecule is C=C(C(=O)c1ccc(C=CC(=O)OC[C@@H](O)[C@H](O)[C@H](O)CO)cc1)c1ccccc1. The maximum absolute atomic E-state index is 12.5. The highest BCUT2D eigenvalue weighted by Gasteiger charge is 2.24. The number of aliphatic hydroxyl groups is 4. The molecule has 0 saturated heterocycles. The molecule has 0 amide bonds. The van der Waals surface area contributed by atoms with Crippen LogP contribution in [0.1, 0.15) is 21.5 Å². The van der Waals surface area contributed by atoms with Crippen LogP contribution in [0, 0.1) is 0 Å². The number of hydrogen-bond acceptors (Lipinski definition) is 7. The van der Waals surface area contributed by atoms with Crippen molar-refractivity contribution >= 4 is 23.4 Å². The third kappa shape index (κ3) is 6.47. The summed E-state index contributed by atoms with van der Waals surface area (Å²) in [6.45, 7) is 2.58. The molecule has 0 radical (unpaired) electrons. The number of ether oxygens (including phenoxy) is 1. The zero-order chi connectivity index (χ0) is 22.1. The summed E-state index contributed by atoms with van der Waals surface area (Å²) in [6.07, 6.45) is -2.11. The molecule has 30 heavy (non-hydrogen) atoms. The van der Waals surface area contributed by atoms with Gasteiger partial charge in [0, 0.05) is 17.2 Å². The Kier molecular flexibility index (Phi) is 8.64. The van der Waals surface area contributed by atoms with Crippen molar-refractivity contribution in [1.29, 1.82) is 0 Å². The molecule has 2 aromatic rings. The average molecular weight is 412 g/mol. The van der Waals surface area contributed by atoms with Gasteiger partial charge in [0.15, 0.2) is 5.78 Å². The Morgan fingerprint density at radius 3 is 2.17 bits per heavy atom. The number of benzene rings is 2. The molecule has 0 bridgehead atoms. The molecule has 0 aromatic heterocycles. The summed E-state index contributed by atoms with van der Waals surface area (Å²) in [5, 5.41) is 37.0. The molecule has 0 heterocycles. The zero-order valence-electron chi connectivity index (χ0n) is 16.2. The van der Waals surface area contributed by atoms with Gasteiger partial charge in [0.2, 0.25) is 0 Å². The number of carbonyl (C=O) groups excluding carboxylic acids is 2. The predicted molar refractivity (Wildman–Crippen MR) is 111 cm³/mol. The second-order valence-corrected chi connectivity index (χ2v) is 6.57. The summed E-state index contributed by atoms with van der Waals surface area (Å²) in [6, 6.07) is 15.7. The predicted octanol–water partition coefficient (Wildman–Crippen LogP) is 1.21. The van der Waals surface area contributed by atoms with E-state index in [2.05, 4.69) is 6.58 Å². The van der Waals surface area contributed by atoms with E-state index in [0.717, 1.165) is 11.6 Å². The molecule has 0 unspecified atom stereocenters. The average Bonchev–Trinajstić information content (AvgIpc) is 2.80. The first kappa shape index (κ1) is 23.2. The Bertz CT molecular complexity index is 888. The van der Waals surface area contributed by atoms with E-state index in [0.29, 0.717) is 16.7 Å². The van der Waals surface area contributed by atoms with Gasteiger partial charge in [0.25, 0.3) is 0 Å². The smallest absolute Gasteiger partial charge is 0.330 e. The molecule has 0 aliphatic carbocycles.